The number of thiazole rings is 1. The van der Waals surface area contributed by atoms with Crippen LogP contribution in [0.25, 0.3) is 0 Å². The predicted molar refractivity (Wildman–Crippen MR) is 70.1 cm³/mol. The summed E-state index contributed by atoms with van der Waals surface area (Å²) in [5, 5.41) is 1.88. The Hall–Kier alpha value is -0.810. The molecule has 1 unspecified atom stereocenters. The molecule has 1 saturated heterocycles. The number of anilines is 2. The van der Waals surface area contributed by atoms with E-state index in [-0.39, 0.29) is 0 Å². The third-order valence-electron chi connectivity index (χ3n) is 3.31. The highest BCUT2D eigenvalue weighted by molar-refractivity contribution is 7.19. The largest absolute Gasteiger partial charge is 0.389 e. The fourth-order valence-electron chi connectivity index (χ4n) is 2.04. The van der Waals surface area contributed by atoms with Gasteiger partial charge in [0.2, 0.25) is 0 Å². The summed E-state index contributed by atoms with van der Waals surface area (Å²) in [6.07, 6.45) is 2.98. The summed E-state index contributed by atoms with van der Waals surface area (Å²) in [5.74, 6) is 0. The maximum absolute atomic E-state index is 5.70. The van der Waals surface area contributed by atoms with Crippen LogP contribution in [0.15, 0.2) is 6.20 Å². The van der Waals surface area contributed by atoms with Crippen molar-refractivity contribution in [3.05, 3.63) is 6.20 Å². The molecule has 0 aliphatic carbocycles. The van der Waals surface area contributed by atoms with Gasteiger partial charge >= 0.3 is 0 Å². The second kappa shape index (κ2) is 5.01. The third-order valence-corrected chi connectivity index (χ3v) is 4.20. The molecule has 1 aromatic heterocycles. The van der Waals surface area contributed by atoms with Gasteiger partial charge in [-0.25, -0.2) is 4.98 Å². The molecule has 1 aliphatic heterocycles. The summed E-state index contributed by atoms with van der Waals surface area (Å²) >= 11 is 1.58. The molecule has 2 N–H and O–H groups in total. The fourth-order valence-corrected chi connectivity index (χ4v) is 2.77. The molecule has 4 nitrogen and oxygen atoms in total. The standard InChI is InChI=1S/C11H20N4S/c1-3-9(2)14-4-6-15(7-5-14)11-13-8-10(12)16-11/h8-9H,3-7,12H2,1-2H3. The van der Waals surface area contributed by atoms with E-state index in [0.29, 0.717) is 6.04 Å². The minimum absolute atomic E-state index is 0.698. The first-order valence-corrected chi connectivity index (χ1v) is 6.72. The molecular weight excluding hydrogens is 220 g/mol. The van der Waals surface area contributed by atoms with Gasteiger partial charge in [-0.1, -0.05) is 18.3 Å². The minimum atomic E-state index is 0.698. The van der Waals surface area contributed by atoms with E-state index in [1.165, 1.54) is 6.42 Å². The van der Waals surface area contributed by atoms with E-state index in [9.17, 15) is 0 Å². The lowest BCUT2D eigenvalue weighted by atomic mass is 10.2. The number of piperazine rings is 1. The lowest BCUT2D eigenvalue weighted by molar-refractivity contribution is 0.193. The highest BCUT2D eigenvalue weighted by Gasteiger charge is 2.21. The van der Waals surface area contributed by atoms with Crippen molar-refractivity contribution in [3.8, 4) is 0 Å². The molecule has 1 fully saturated rings. The summed E-state index contributed by atoms with van der Waals surface area (Å²) in [6.45, 7) is 8.95. The highest BCUT2D eigenvalue weighted by atomic mass is 32.1. The van der Waals surface area contributed by atoms with Gasteiger partial charge in [-0.05, 0) is 13.3 Å². The monoisotopic (exact) mass is 240 g/mol. The molecule has 0 amide bonds. The zero-order valence-corrected chi connectivity index (χ0v) is 10.8. The van der Waals surface area contributed by atoms with Crippen LogP contribution in [0.3, 0.4) is 0 Å². The first kappa shape index (κ1) is 11.7. The molecule has 0 radical (unpaired) electrons. The number of hydrogen-bond donors (Lipinski definition) is 1. The van der Waals surface area contributed by atoms with Gasteiger partial charge in [0.15, 0.2) is 5.13 Å². The van der Waals surface area contributed by atoms with E-state index in [4.69, 9.17) is 5.73 Å². The molecule has 0 spiro atoms. The fraction of sp³-hybridized carbons (Fsp3) is 0.727. The minimum Gasteiger partial charge on any atom is -0.389 e. The Morgan fingerprint density at radius 3 is 2.62 bits per heavy atom. The Morgan fingerprint density at radius 2 is 2.12 bits per heavy atom. The molecule has 5 heteroatoms. The Bertz CT molecular complexity index is 330. The van der Waals surface area contributed by atoms with Crippen LogP contribution in [-0.2, 0) is 0 Å². The van der Waals surface area contributed by atoms with Crippen LogP contribution in [0.4, 0.5) is 10.1 Å². The van der Waals surface area contributed by atoms with Crippen molar-refractivity contribution in [3.63, 3.8) is 0 Å². The molecule has 1 aliphatic rings. The van der Waals surface area contributed by atoms with Gasteiger partial charge in [0, 0.05) is 32.2 Å². The average molecular weight is 240 g/mol. The SMILES string of the molecule is CCC(C)N1CCN(c2ncc(N)s2)CC1. The van der Waals surface area contributed by atoms with E-state index in [2.05, 4.69) is 28.6 Å². The van der Waals surface area contributed by atoms with E-state index < -0.39 is 0 Å². The normalized spacial score (nSPS) is 20.0. The molecule has 1 aromatic rings. The van der Waals surface area contributed by atoms with Crippen molar-refractivity contribution in [2.24, 2.45) is 0 Å². The Labute approximate surface area is 101 Å². The zero-order valence-electron chi connectivity index (χ0n) is 10.0. The van der Waals surface area contributed by atoms with E-state index >= 15 is 0 Å². The number of nitrogen functional groups attached to an aromatic ring is 1. The van der Waals surface area contributed by atoms with E-state index in [1.807, 2.05) is 0 Å². The number of hydrogen-bond acceptors (Lipinski definition) is 5. The van der Waals surface area contributed by atoms with Gasteiger partial charge in [-0.3, -0.25) is 4.90 Å². The van der Waals surface area contributed by atoms with Crippen molar-refractivity contribution < 1.29 is 0 Å². The molecular formula is C11H20N4S. The summed E-state index contributed by atoms with van der Waals surface area (Å²) in [6, 6.07) is 0.698. The molecule has 2 rings (SSSR count). The molecule has 2 heterocycles. The van der Waals surface area contributed by atoms with E-state index in [0.717, 1.165) is 36.3 Å². The van der Waals surface area contributed by atoms with Gasteiger partial charge < -0.3 is 10.6 Å². The first-order chi connectivity index (χ1) is 7.70. The molecule has 1 atom stereocenters. The van der Waals surface area contributed by atoms with Crippen molar-refractivity contribution >= 4 is 21.5 Å². The maximum atomic E-state index is 5.70. The quantitative estimate of drug-likeness (QED) is 0.872. The van der Waals surface area contributed by atoms with Crippen LogP contribution >= 0.6 is 11.3 Å². The summed E-state index contributed by atoms with van der Waals surface area (Å²) in [7, 11) is 0. The molecule has 0 aromatic carbocycles. The number of aromatic nitrogens is 1. The molecule has 0 saturated carbocycles. The van der Waals surface area contributed by atoms with Crippen molar-refractivity contribution in [1.29, 1.82) is 0 Å². The maximum Gasteiger partial charge on any atom is 0.187 e. The summed E-state index contributed by atoms with van der Waals surface area (Å²) < 4.78 is 0. The summed E-state index contributed by atoms with van der Waals surface area (Å²) in [5.41, 5.74) is 5.70. The van der Waals surface area contributed by atoms with Crippen LogP contribution < -0.4 is 10.6 Å². The highest BCUT2D eigenvalue weighted by Crippen LogP contribution is 2.25. The Balaban J connectivity index is 1.90. The smallest absolute Gasteiger partial charge is 0.187 e. The van der Waals surface area contributed by atoms with Gasteiger partial charge in [0.1, 0.15) is 5.00 Å². The molecule has 90 valence electrons. The Morgan fingerprint density at radius 1 is 1.44 bits per heavy atom. The number of nitrogens with two attached hydrogens (primary N) is 1. The van der Waals surface area contributed by atoms with Gasteiger partial charge in [0.05, 0.1) is 6.20 Å². The van der Waals surface area contributed by atoms with Crippen molar-refractivity contribution in [2.45, 2.75) is 26.3 Å². The van der Waals surface area contributed by atoms with Crippen LogP contribution in [0, 0.1) is 0 Å². The van der Waals surface area contributed by atoms with Crippen LogP contribution in [-0.4, -0.2) is 42.1 Å². The molecule has 0 bridgehead atoms. The van der Waals surface area contributed by atoms with Gasteiger partial charge in [-0.2, -0.15) is 0 Å². The second-order valence-corrected chi connectivity index (χ2v) is 5.37. The summed E-state index contributed by atoms with van der Waals surface area (Å²) in [4.78, 5) is 9.21. The predicted octanol–water partition coefficient (Wildman–Crippen LogP) is 1.65. The van der Waals surface area contributed by atoms with Crippen molar-refractivity contribution in [1.82, 2.24) is 9.88 Å². The third kappa shape index (κ3) is 2.47. The van der Waals surface area contributed by atoms with Crippen molar-refractivity contribution in [2.75, 3.05) is 36.8 Å². The number of nitrogens with zero attached hydrogens (tertiary/aromatic N) is 3. The van der Waals surface area contributed by atoms with Crippen LogP contribution in [0.5, 0.6) is 0 Å². The van der Waals surface area contributed by atoms with E-state index in [1.54, 1.807) is 17.5 Å². The van der Waals surface area contributed by atoms with Gasteiger partial charge in [-0.15, -0.1) is 0 Å². The van der Waals surface area contributed by atoms with Crippen LogP contribution in [0.1, 0.15) is 20.3 Å². The molecule has 16 heavy (non-hydrogen) atoms. The average Bonchev–Trinajstić information content (AvgIpc) is 2.75. The Kier molecular flexibility index (Phi) is 3.66. The lowest BCUT2D eigenvalue weighted by Gasteiger charge is -2.37. The number of rotatable bonds is 3. The van der Waals surface area contributed by atoms with Crippen LogP contribution in [0.2, 0.25) is 0 Å². The zero-order chi connectivity index (χ0) is 11.5. The topological polar surface area (TPSA) is 45.4 Å². The first-order valence-electron chi connectivity index (χ1n) is 5.91. The van der Waals surface area contributed by atoms with Gasteiger partial charge in [0.25, 0.3) is 0 Å². The second-order valence-electron chi connectivity index (χ2n) is 4.33. The lowest BCUT2D eigenvalue weighted by Crippen LogP contribution is -2.49.